The lowest BCUT2D eigenvalue weighted by Gasteiger charge is -2.21. The number of alkyl halides is 2. The molecular formula is C23H19F2N3O3S. The number of carbonyl (C=O) groups excluding carboxylic acids is 1. The van der Waals surface area contributed by atoms with Crippen LogP contribution in [0.5, 0.6) is 5.75 Å². The number of anilines is 2. The van der Waals surface area contributed by atoms with Crippen LogP contribution in [-0.2, 0) is 0 Å². The van der Waals surface area contributed by atoms with Crippen molar-refractivity contribution in [3.63, 3.8) is 0 Å². The van der Waals surface area contributed by atoms with Gasteiger partial charge in [0.2, 0.25) is 0 Å². The Bertz CT molecular complexity index is 1160. The normalized spacial score (nSPS) is 11.9. The fourth-order valence-corrected chi connectivity index (χ4v) is 4.14. The van der Waals surface area contributed by atoms with E-state index >= 15 is 0 Å². The number of benzene rings is 1. The van der Waals surface area contributed by atoms with Gasteiger partial charge in [-0.25, -0.2) is 4.98 Å². The Labute approximate surface area is 186 Å². The van der Waals surface area contributed by atoms with Crippen molar-refractivity contribution in [1.82, 2.24) is 4.98 Å². The number of carbonyl (C=O) groups is 1. The Morgan fingerprint density at radius 3 is 2.59 bits per heavy atom. The molecule has 0 aliphatic rings. The van der Waals surface area contributed by atoms with Gasteiger partial charge < -0.3 is 19.8 Å². The highest BCUT2D eigenvalue weighted by atomic mass is 32.1. The second-order valence-electron chi connectivity index (χ2n) is 6.81. The van der Waals surface area contributed by atoms with Gasteiger partial charge in [-0.1, -0.05) is 18.2 Å². The second kappa shape index (κ2) is 9.61. The van der Waals surface area contributed by atoms with E-state index in [-0.39, 0.29) is 17.4 Å². The minimum atomic E-state index is -2.90. The van der Waals surface area contributed by atoms with Gasteiger partial charge in [0.25, 0.3) is 5.91 Å². The number of aromatic nitrogens is 1. The van der Waals surface area contributed by atoms with Crippen LogP contribution in [0.4, 0.5) is 19.6 Å². The van der Waals surface area contributed by atoms with Crippen LogP contribution in [0.15, 0.2) is 77.5 Å². The maximum absolute atomic E-state index is 12.6. The first kappa shape index (κ1) is 21.5. The molecule has 0 spiro atoms. The number of hydrogen-bond donors (Lipinski definition) is 2. The molecule has 9 heteroatoms. The van der Waals surface area contributed by atoms with Crippen LogP contribution >= 0.6 is 11.3 Å². The van der Waals surface area contributed by atoms with Gasteiger partial charge in [0.15, 0.2) is 5.76 Å². The molecule has 4 aromatic rings. The topological polar surface area (TPSA) is 76.4 Å². The number of aryl methyl sites for hydroxylation is 1. The van der Waals surface area contributed by atoms with Gasteiger partial charge in [-0.15, -0.1) is 11.3 Å². The smallest absolute Gasteiger partial charge is 0.387 e. The standard InChI is InChI=1S/C23H19F2N3O3S/c1-14-13-17(22(32-14)28-21(29)18-5-4-12-30-18)20(27-19-6-2-3-11-26-19)15-7-9-16(10-8-15)31-23(24)25/h2-13,20,23H,1H3,(H,26,27)(H,28,29). The Morgan fingerprint density at radius 2 is 1.94 bits per heavy atom. The number of thiophene rings is 1. The van der Waals surface area contributed by atoms with Gasteiger partial charge >= 0.3 is 6.61 Å². The summed E-state index contributed by atoms with van der Waals surface area (Å²) in [5.41, 5.74) is 1.59. The van der Waals surface area contributed by atoms with Crippen molar-refractivity contribution in [3.8, 4) is 5.75 Å². The molecule has 3 heterocycles. The molecule has 0 radical (unpaired) electrons. The molecule has 2 N–H and O–H groups in total. The van der Waals surface area contributed by atoms with Crippen molar-refractivity contribution in [1.29, 1.82) is 0 Å². The summed E-state index contributed by atoms with van der Waals surface area (Å²) in [5.74, 6) is 0.519. The number of amides is 1. The number of nitrogens with one attached hydrogen (secondary N) is 2. The lowest BCUT2D eigenvalue weighted by atomic mass is 9.99. The Morgan fingerprint density at radius 1 is 1.12 bits per heavy atom. The molecule has 1 atom stereocenters. The summed E-state index contributed by atoms with van der Waals surface area (Å²) < 4.78 is 34.7. The van der Waals surface area contributed by atoms with E-state index in [1.165, 1.54) is 29.7 Å². The molecule has 1 amide bonds. The van der Waals surface area contributed by atoms with Crippen molar-refractivity contribution in [2.24, 2.45) is 0 Å². The Kier molecular flexibility index (Phi) is 6.46. The van der Waals surface area contributed by atoms with Crippen molar-refractivity contribution in [2.75, 3.05) is 10.6 Å². The van der Waals surface area contributed by atoms with Crippen molar-refractivity contribution < 1.29 is 22.7 Å². The van der Waals surface area contributed by atoms with Crippen molar-refractivity contribution in [3.05, 3.63) is 94.9 Å². The predicted octanol–water partition coefficient (Wildman–Crippen LogP) is 6.10. The molecule has 3 aromatic heterocycles. The monoisotopic (exact) mass is 455 g/mol. The van der Waals surface area contributed by atoms with E-state index in [4.69, 9.17) is 4.42 Å². The van der Waals surface area contributed by atoms with Crippen LogP contribution in [0.2, 0.25) is 0 Å². The maximum Gasteiger partial charge on any atom is 0.387 e. The Balaban J connectivity index is 1.69. The van der Waals surface area contributed by atoms with Crippen LogP contribution in [0.25, 0.3) is 0 Å². The first-order valence-corrected chi connectivity index (χ1v) is 10.5. The van der Waals surface area contributed by atoms with Crippen LogP contribution in [0.1, 0.15) is 32.6 Å². The zero-order valence-electron chi connectivity index (χ0n) is 16.9. The third-order valence-corrected chi connectivity index (χ3v) is 5.54. The zero-order chi connectivity index (χ0) is 22.5. The third-order valence-electron chi connectivity index (χ3n) is 4.56. The number of ether oxygens (including phenoxy) is 1. The van der Waals surface area contributed by atoms with Crippen LogP contribution in [0.3, 0.4) is 0 Å². The van der Waals surface area contributed by atoms with Gasteiger partial charge in [0.05, 0.1) is 12.3 Å². The lowest BCUT2D eigenvalue weighted by molar-refractivity contribution is -0.0498. The quantitative estimate of drug-likeness (QED) is 0.336. The molecule has 1 unspecified atom stereocenters. The number of nitrogens with zero attached hydrogens (tertiary/aromatic N) is 1. The molecule has 4 rings (SSSR count). The number of rotatable bonds is 8. The highest BCUT2D eigenvalue weighted by Crippen LogP contribution is 2.38. The predicted molar refractivity (Wildman–Crippen MR) is 118 cm³/mol. The summed E-state index contributed by atoms with van der Waals surface area (Å²) in [7, 11) is 0. The van der Waals surface area contributed by atoms with Gasteiger partial charge in [0.1, 0.15) is 16.6 Å². The summed E-state index contributed by atoms with van der Waals surface area (Å²) in [6, 6.07) is 16.6. The molecule has 0 aliphatic heterocycles. The fourth-order valence-electron chi connectivity index (χ4n) is 3.20. The number of pyridine rings is 1. The van der Waals surface area contributed by atoms with E-state index in [2.05, 4.69) is 20.4 Å². The minimum Gasteiger partial charge on any atom is -0.459 e. The van der Waals surface area contributed by atoms with E-state index in [1.54, 1.807) is 36.5 Å². The summed E-state index contributed by atoms with van der Waals surface area (Å²) in [5, 5.41) is 6.92. The highest BCUT2D eigenvalue weighted by molar-refractivity contribution is 7.16. The SMILES string of the molecule is Cc1cc(C(Nc2ccccn2)c2ccc(OC(F)F)cc2)c(NC(=O)c2ccco2)s1. The van der Waals surface area contributed by atoms with E-state index < -0.39 is 12.7 Å². The largest absolute Gasteiger partial charge is 0.459 e. The first-order valence-electron chi connectivity index (χ1n) is 9.67. The Hall–Kier alpha value is -3.72. The summed E-state index contributed by atoms with van der Waals surface area (Å²) >= 11 is 1.43. The average Bonchev–Trinajstić information content (AvgIpc) is 3.43. The summed E-state index contributed by atoms with van der Waals surface area (Å²) in [6.07, 6.45) is 3.10. The molecule has 0 saturated carbocycles. The molecule has 6 nitrogen and oxygen atoms in total. The molecule has 0 bridgehead atoms. The van der Waals surface area contributed by atoms with E-state index in [1.807, 2.05) is 25.1 Å². The van der Waals surface area contributed by atoms with E-state index in [9.17, 15) is 13.6 Å². The first-order chi connectivity index (χ1) is 15.5. The second-order valence-corrected chi connectivity index (χ2v) is 8.07. The maximum atomic E-state index is 12.6. The molecule has 1 aromatic carbocycles. The van der Waals surface area contributed by atoms with Crippen LogP contribution in [0, 0.1) is 6.92 Å². The third kappa shape index (κ3) is 5.12. The summed E-state index contributed by atoms with van der Waals surface area (Å²) in [6.45, 7) is -0.958. The molecule has 0 saturated heterocycles. The highest BCUT2D eigenvalue weighted by Gasteiger charge is 2.23. The number of furan rings is 1. The minimum absolute atomic E-state index is 0.0631. The number of hydrogen-bond acceptors (Lipinski definition) is 6. The van der Waals surface area contributed by atoms with Gasteiger partial charge in [0, 0.05) is 16.6 Å². The molecule has 32 heavy (non-hydrogen) atoms. The van der Waals surface area contributed by atoms with E-state index in [0.29, 0.717) is 10.8 Å². The van der Waals surface area contributed by atoms with Gasteiger partial charge in [-0.3, -0.25) is 4.79 Å². The molecule has 0 fully saturated rings. The fraction of sp³-hybridized carbons (Fsp3) is 0.130. The van der Waals surface area contributed by atoms with Crippen molar-refractivity contribution in [2.45, 2.75) is 19.6 Å². The molecule has 164 valence electrons. The lowest BCUT2D eigenvalue weighted by Crippen LogP contribution is -2.17. The summed E-state index contributed by atoms with van der Waals surface area (Å²) in [4.78, 5) is 17.9. The zero-order valence-corrected chi connectivity index (χ0v) is 17.7. The van der Waals surface area contributed by atoms with Crippen LogP contribution < -0.4 is 15.4 Å². The number of halogens is 2. The molecular weight excluding hydrogens is 436 g/mol. The van der Waals surface area contributed by atoms with Crippen molar-refractivity contribution >= 4 is 28.1 Å². The molecule has 0 aliphatic carbocycles. The van der Waals surface area contributed by atoms with Gasteiger partial charge in [-0.2, -0.15) is 8.78 Å². The van der Waals surface area contributed by atoms with Gasteiger partial charge in [-0.05, 0) is 55.0 Å². The average molecular weight is 455 g/mol. The van der Waals surface area contributed by atoms with Crippen LogP contribution in [-0.4, -0.2) is 17.5 Å². The van der Waals surface area contributed by atoms with E-state index in [0.717, 1.165) is 16.0 Å².